The third kappa shape index (κ3) is 1.89. The molecule has 0 radical (unpaired) electrons. The number of non-ortho nitro benzene ring substituents is 1. The summed E-state index contributed by atoms with van der Waals surface area (Å²) >= 11 is 0. The monoisotopic (exact) mass is 263 g/mol. The molecule has 1 unspecified atom stereocenters. The minimum atomic E-state index is -0.483. The zero-order valence-corrected chi connectivity index (χ0v) is 10.2. The van der Waals surface area contributed by atoms with Crippen LogP contribution in [0, 0.1) is 16.0 Å². The third-order valence-corrected chi connectivity index (χ3v) is 3.53. The average molecular weight is 263 g/mol. The molecule has 1 saturated heterocycles. The van der Waals surface area contributed by atoms with Crippen LogP contribution in [-0.4, -0.2) is 34.9 Å². The van der Waals surface area contributed by atoms with Crippen LogP contribution in [0.4, 0.5) is 11.4 Å². The van der Waals surface area contributed by atoms with Gasteiger partial charge in [-0.25, -0.2) is 4.63 Å². The Kier molecular flexibility index (Phi) is 2.79. The Morgan fingerprint density at radius 1 is 1.47 bits per heavy atom. The highest BCUT2D eigenvalue weighted by atomic mass is 16.6. The van der Waals surface area contributed by atoms with Crippen molar-refractivity contribution in [2.45, 2.75) is 6.42 Å². The Labute approximate surface area is 108 Å². The predicted molar refractivity (Wildman–Crippen MR) is 67.8 cm³/mol. The summed E-state index contributed by atoms with van der Waals surface area (Å²) in [5, 5.41) is 18.3. The van der Waals surface area contributed by atoms with Crippen molar-refractivity contribution in [3.05, 3.63) is 22.2 Å². The zero-order valence-electron chi connectivity index (χ0n) is 10.2. The summed E-state index contributed by atoms with van der Waals surface area (Å²) in [6, 6.07) is 3.14. The van der Waals surface area contributed by atoms with E-state index in [0.29, 0.717) is 18.0 Å². The average Bonchev–Trinajstić information content (AvgIpc) is 3.06. The van der Waals surface area contributed by atoms with E-state index in [2.05, 4.69) is 19.8 Å². The lowest BCUT2D eigenvalue weighted by Gasteiger charge is -2.18. The second-order valence-electron chi connectivity index (χ2n) is 4.66. The van der Waals surface area contributed by atoms with Gasteiger partial charge in [-0.2, -0.15) is 0 Å². The Bertz CT molecular complexity index is 626. The van der Waals surface area contributed by atoms with Gasteiger partial charge in [0.25, 0.3) is 0 Å². The summed E-state index contributed by atoms with van der Waals surface area (Å²) in [4.78, 5) is 12.5. The first-order valence-electron chi connectivity index (χ1n) is 6.05. The molecule has 0 bridgehead atoms. The fourth-order valence-corrected chi connectivity index (χ4v) is 2.49. The van der Waals surface area contributed by atoms with Gasteiger partial charge in [-0.15, -0.1) is 0 Å². The van der Waals surface area contributed by atoms with Crippen molar-refractivity contribution in [1.29, 1.82) is 0 Å². The third-order valence-electron chi connectivity index (χ3n) is 3.53. The van der Waals surface area contributed by atoms with Gasteiger partial charge in [0.05, 0.1) is 10.6 Å². The number of fused-ring (bicyclic) bond motifs is 1. The molecule has 1 fully saturated rings. The number of anilines is 1. The van der Waals surface area contributed by atoms with Crippen molar-refractivity contribution in [2.24, 2.45) is 11.7 Å². The molecule has 1 aromatic carbocycles. The number of hydrogen-bond donors (Lipinski definition) is 1. The first-order valence-corrected chi connectivity index (χ1v) is 6.05. The molecule has 2 heterocycles. The Hall–Kier alpha value is -2.22. The molecule has 0 spiro atoms. The van der Waals surface area contributed by atoms with E-state index < -0.39 is 4.92 Å². The molecule has 1 aromatic heterocycles. The van der Waals surface area contributed by atoms with Gasteiger partial charge < -0.3 is 10.6 Å². The lowest BCUT2D eigenvalue weighted by molar-refractivity contribution is -0.383. The van der Waals surface area contributed by atoms with Crippen LogP contribution in [-0.2, 0) is 0 Å². The van der Waals surface area contributed by atoms with Crippen LogP contribution < -0.4 is 10.6 Å². The smallest absolute Gasteiger partial charge is 0.300 e. The molecule has 1 aliphatic rings. The standard InChI is InChI=1S/C11H13N5O3/c12-5-7-3-4-15(6-7)8-1-2-9(16(17)18)11-10(8)13-19-14-11/h1-2,7H,3-6,12H2. The summed E-state index contributed by atoms with van der Waals surface area (Å²) < 4.78 is 4.65. The van der Waals surface area contributed by atoms with Crippen LogP contribution in [0.25, 0.3) is 11.0 Å². The second-order valence-corrected chi connectivity index (χ2v) is 4.66. The maximum absolute atomic E-state index is 10.9. The number of hydrogen-bond acceptors (Lipinski definition) is 7. The molecule has 1 aliphatic heterocycles. The first-order chi connectivity index (χ1) is 9.20. The highest BCUT2D eigenvalue weighted by Gasteiger charge is 2.27. The molecular weight excluding hydrogens is 250 g/mol. The Morgan fingerprint density at radius 2 is 2.26 bits per heavy atom. The van der Waals surface area contributed by atoms with E-state index in [1.54, 1.807) is 6.07 Å². The first kappa shape index (κ1) is 11.8. The molecular formula is C11H13N5O3. The normalized spacial score (nSPS) is 19.2. The molecule has 1 atom stereocenters. The topological polar surface area (TPSA) is 111 Å². The van der Waals surface area contributed by atoms with Crippen molar-refractivity contribution in [3.63, 3.8) is 0 Å². The van der Waals surface area contributed by atoms with E-state index in [-0.39, 0.29) is 11.2 Å². The van der Waals surface area contributed by atoms with Crippen molar-refractivity contribution >= 4 is 22.4 Å². The number of nitrogens with zero attached hydrogens (tertiary/aromatic N) is 4. The zero-order chi connectivity index (χ0) is 13.4. The maximum Gasteiger partial charge on any atom is 0.300 e. The number of aromatic nitrogens is 2. The minimum Gasteiger partial charge on any atom is -0.369 e. The Balaban J connectivity index is 2.04. The Morgan fingerprint density at radius 3 is 2.95 bits per heavy atom. The van der Waals surface area contributed by atoms with Crippen LogP contribution >= 0.6 is 0 Å². The lowest BCUT2D eigenvalue weighted by atomic mass is 10.1. The summed E-state index contributed by atoms with van der Waals surface area (Å²) in [7, 11) is 0. The van der Waals surface area contributed by atoms with Crippen LogP contribution in [0.2, 0.25) is 0 Å². The maximum atomic E-state index is 10.9. The molecule has 0 amide bonds. The fourth-order valence-electron chi connectivity index (χ4n) is 2.49. The number of benzene rings is 1. The van der Waals surface area contributed by atoms with Crippen molar-refractivity contribution in [3.8, 4) is 0 Å². The van der Waals surface area contributed by atoms with E-state index in [0.717, 1.165) is 25.2 Å². The van der Waals surface area contributed by atoms with Gasteiger partial charge in [-0.05, 0) is 35.3 Å². The minimum absolute atomic E-state index is 0.0884. The van der Waals surface area contributed by atoms with Gasteiger partial charge in [0.1, 0.15) is 0 Å². The lowest BCUT2D eigenvalue weighted by Crippen LogP contribution is -2.22. The SMILES string of the molecule is NCC1CCN(c2ccc([N+](=O)[O-])c3nonc23)C1. The number of nitro groups is 1. The van der Waals surface area contributed by atoms with Crippen LogP contribution in [0.3, 0.4) is 0 Å². The summed E-state index contributed by atoms with van der Waals surface area (Å²) in [6.45, 7) is 2.33. The van der Waals surface area contributed by atoms with Crippen LogP contribution in [0.15, 0.2) is 16.8 Å². The molecule has 2 N–H and O–H groups in total. The predicted octanol–water partition coefficient (Wildman–Crippen LogP) is 0.916. The van der Waals surface area contributed by atoms with Gasteiger partial charge >= 0.3 is 5.69 Å². The van der Waals surface area contributed by atoms with Crippen molar-refractivity contribution < 1.29 is 9.55 Å². The summed E-state index contributed by atoms with van der Waals surface area (Å²) in [6.07, 6.45) is 1.01. The summed E-state index contributed by atoms with van der Waals surface area (Å²) in [5.41, 5.74) is 7.03. The largest absolute Gasteiger partial charge is 0.369 e. The number of rotatable bonds is 3. The van der Waals surface area contributed by atoms with Crippen LogP contribution in [0.1, 0.15) is 6.42 Å². The van der Waals surface area contributed by atoms with Crippen molar-refractivity contribution in [2.75, 3.05) is 24.5 Å². The molecule has 2 aromatic rings. The van der Waals surface area contributed by atoms with E-state index in [9.17, 15) is 10.1 Å². The van der Waals surface area contributed by atoms with Crippen LogP contribution in [0.5, 0.6) is 0 Å². The molecule has 100 valence electrons. The van der Waals surface area contributed by atoms with E-state index in [4.69, 9.17) is 5.73 Å². The molecule has 0 saturated carbocycles. The van der Waals surface area contributed by atoms with Gasteiger partial charge in [0.2, 0.25) is 5.52 Å². The van der Waals surface area contributed by atoms with E-state index >= 15 is 0 Å². The fraction of sp³-hybridized carbons (Fsp3) is 0.455. The molecule has 8 nitrogen and oxygen atoms in total. The molecule has 3 rings (SSSR count). The van der Waals surface area contributed by atoms with E-state index in [1.165, 1.54) is 6.07 Å². The molecule has 0 aliphatic carbocycles. The number of nitrogens with two attached hydrogens (primary N) is 1. The second kappa shape index (κ2) is 4.47. The summed E-state index contributed by atoms with van der Waals surface area (Å²) in [5.74, 6) is 0.449. The van der Waals surface area contributed by atoms with E-state index in [1.807, 2.05) is 0 Å². The quantitative estimate of drug-likeness (QED) is 0.647. The molecule has 19 heavy (non-hydrogen) atoms. The van der Waals surface area contributed by atoms with Gasteiger partial charge in [-0.3, -0.25) is 10.1 Å². The highest BCUT2D eigenvalue weighted by molar-refractivity contribution is 5.93. The van der Waals surface area contributed by atoms with Gasteiger partial charge in [0.15, 0.2) is 5.52 Å². The highest BCUT2D eigenvalue weighted by Crippen LogP contribution is 2.33. The number of nitro benzene ring substituents is 1. The van der Waals surface area contributed by atoms with Gasteiger partial charge in [-0.1, -0.05) is 0 Å². The van der Waals surface area contributed by atoms with Crippen molar-refractivity contribution in [1.82, 2.24) is 10.3 Å². The van der Waals surface area contributed by atoms with Gasteiger partial charge in [0, 0.05) is 19.2 Å². The molecule has 8 heteroatoms.